The molecule has 0 heterocycles. The van der Waals surface area contributed by atoms with Crippen LogP contribution in [0.4, 0.5) is 0 Å². The lowest BCUT2D eigenvalue weighted by molar-refractivity contribution is -0.139. The zero-order valence-corrected chi connectivity index (χ0v) is 30.3. The van der Waals surface area contributed by atoms with E-state index < -0.39 is 0 Å². The van der Waals surface area contributed by atoms with Crippen molar-refractivity contribution in [2.24, 2.45) is 53.3 Å². The van der Waals surface area contributed by atoms with E-state index in [-0.39, 0.29) is 37.2 Å². The molecular weight excluding hydrogens is 592 g/mol. The van der Waals surface area contributed by atoms with E-state index in [2.05, 4.69) is 27.0 Å². The van der Waals surface area contributed by atoms with E-state index in [0.29, 0.717) is 55.1 Å². The first-order chi connectivity index (χ1) is 22.6. The third kappa shape index (κ3) is 12.6. The van der Waals surface area contributed by atoms with Gasteiger partial charge in [0, 0.05) is 36.9 Å². The molecule has 0 saturated heterocycles. The van der Waals surface area contributed by atoms with E-state index in [9.17, 15) is 19.8 Å². The molecule has 5 unspecified atom stereocenters. The molecule has 270 valence electrons. The molecule has 0 bridgehead atoms. The zero-order chi connectivity index (χ0) is 34.3. The highest BCUT2D eigenvalue weighted by molar-refractivity contribution is 5.87. The Morgan fingerprint density at radius 1 is 0.723 bits per heavy atom. The van der Waals surface area contributed by atoms with Crippen molar-refractivity contribution in [1.29, 1.82) is 0 Å². The standard InChI is InChI=1S/C40H68O7/c1-7-31-22-33(32-14-12-29(6)13-15-32)16-17-37(31)36-23-34(10-8-19-46-39(43)27(2)3)38(45-21-18-30(25-41)26-42)35(24-36)11-9-20-47-40(44)28(4)5/h29-38,41-42H,2,4,7-26H2,1,3,5-6H3. The Kier molecular flexibility index (Phi) is 17.5. The van der Waals surface area contributed by atoms with Crippen molar-refractivity contribution in [3.63, 3.8) is 0 Å². The number of rotatable bonds is 19. The van der Waals surface area contributed by atoms with Gasteiger partial charge in [-0.15, -0.1) is 0 Å². The number of carbonyl (C=O) groups is 2. The molecule has 47 heavy (non-hydrogen) atoms. The van der Waals surface area contributed by atoms with Crippen LogP contribution in [0, 0.1) is 53.3 Å². The van der Waals surface area contributed by atoms with Gasteiger partial charge in [0.15, 0.2) is 0 Å². The molecule has 0 spiro atoms. The van der Waals surface area contributed by atoms with Gasteiger partial charge in [-0.1, -0.05) is 46.3 Å². The molecule has 0 aromatic carbocycles. The summed E-state index contributed by atoms with van der Waals surface area (Å²) in [5.74, 6) is 4.60. The van der Waals surface area contributed by atoms with Crippen molar-refractivity contribution in [2.45, 2.75) is 130 Å². The fourth-order valence-electron chi connectivity index (χ4n) is 9.19. The molecule has 0 radical (unpaired) electrons. The van der Waals surface area contributed by atoms with Crippen molar-refractivity contribution in [1.82, 2.24) is 0 Å². The largest absolute Gasteiger partial charge is 0.462 e. The van der Waals surface area contributed by atoms with Crippen LogP contribution in [0.5, 0.6) is 0 Å². The molecule has 0 aromatic heterocycles. The summed E-state index contributed by atoms with van der Waals surface area (Å²) in [5.41, 5.74) is 0.838. The van der Waals surface area contributed by atoms with Crippen molar-refractivity contribution in [2.75, 3.05) is 33.0 Å². The molecule has 0 aliphatic heterocycles. The summed E-state index contributed by atoms with van der Waals surface area (Å²) in [6.45, 7) is 16.7. The average Bonchev–Trinajstić information content (AvgIpc) is 3.07. The van der Waals surface area contributed by atoms with Gasteiger partial charge in [0.25, 0.3) is 0 Å². The van der Waals surface area contributed by atoms with Gasteiger partial charge >= 0.3 is 11.9 Å². The molecule has 3 saturated carbocycles. The number of aliphatic hydroxyl groups excluding tert-OH is 2. The van der Waals surface area contributed by atoms with Crippen LogP contribution < -0.4 is 0 Å². The molecule has 3 aliphatic rings. The highest BCUT2D eigenvalue weighted by atomic mass is 16.5. The van der Waals surface area contributed by atoms with Gasteiger partial charge in [-0.05, 0) is 138 Å². The summed E-state index contributed by atoms with van der Waals surface area (Å²) in [4.78, 5) is 24.1. The lowest BCUT2D eigenvalue weighted by Gasteiger charge is -2.49. The lowest BCUT2D eigenvalue weighted by atomic mass is 9.58. The Morgan fingerprint density at radius 3 is 1.72 bits per heavy atom. The van der Waals surface area contributed by atoms with Crippen LogP contribution in [0.1, 0.15) is 124 Å². The first-order valence-electron chi connectivity index (χ1n) is 19.1. The minimum atomic E-state index is -0.337. The van der Waals surface area contributed by atoms with Crippen molar-refractivity contribution in [3.05, 3.63) is 24.3 Å². The summed E-state index contributed by atoms with van der Waals surface area (Å²) >= 11 is 0. The average molecular weight is 661 g/mol. The van der Waals surface area contributed by atoms with Crippen LogP contribution in [0.2, 0.25) is 0 Å². The molecule has 0 aromatic rings. The maximum absolute atomic E-state index is 12.1. The molecule has 2 N–H and O–H groups in total. The van der Waals surface area contributed by atoms with Crippen molar-refractivity contribution >= 4 is 11.9 Å². The molecule has 3 aliphatic carbocycles. The van der Waals surface area contributed by atoms with Gasteiger partial charge < -0.3 is 24.4 Å². The van der Waals surface area contributed by atoms with Gasteiger partial charge in [-0.2, -0.15) is 0 Å². The predicted octanol–water partition coefficient (Wildman–Crippen LogP) is 8.07. The van der Waals surface area contributed by atoms with E-state index in [0.717, 1.165) is 68.1 Å². The summed E-state index contributed by atoms with van der Waals surface area (Å²) in [5, 5.41) is 19.3. The third-order valence-corrected chi connectivity index (χ3v) is 12.0. The second-order valence-corrected chi connectivity index (χ2v) is 15.6. The van der Waals surface area contributed by atoms with E-state index >= 15 is 0 Å². The Labute approximate surface area is 286 Å². The van der Waals surface area contributed by atoms with Crippen molar-refractivity contribution < 1.29 is 34.0 Å². The smallest absolute Gasteiger partial charge is 0.333 e. The first-order valence-corrected chi connectivity index (χ1v) is 19.1. The van der Waals surface area contributed by atoms with Crippen LogP contribution in [-0.4, -0.2) is 61.3 Å². The molecule has 3 fully saturated rings. The van der Waals surface area contributed by atoms with E-state index in [1.54, 1.807) is 13.8 Å². The number of hydrogen-bond donors (Lipinski definition) is 2. The van der Waals surface area contributed by atoms with Crippen LogP contribution in [0.3, 0.4) is 0 Å². The summed E-state index contributed by atoms with van der Waals surface area (Å²) in [6.07, 6.45) is 17.2. The Hall–Kier alpha value is -1.70. The second kappa shape index (κ2) is 20.7. The van der Waals surface area contributed by atoms with Crippen LogP contribution >= 0.6 is 0 Å². The lowest BCUT2D eigenvalue weighted by Crippen LogP contribution is -2.44. The maximum Gasteiger partial charge on any atom is 0.333 e. The van der Waals surface area contributed by atoms with Crippen LogP contribution in [-0.2, 0) is 23.8 Å². The number of carbonyl (C=O) groups excluding carboxylic acids is 2. The molecule has 3 rings (SSSR count). The third-order valence-electron chi connectivity index (χ3n) is 12.0. The summed E-state index contributed by atoms with van der Waals surface area (Å²) in [6, 6.07) is 0. The normalized spacial score (nSPS) is 31.3. The van der Waals surface area contributed by atoms with E-state index in [4.69, 9.17) is 14.2 Å². The van der Waals surface area contributed by atoms with E-state index in [1.165, 1.54) is 51.4 Å². The van der Waals surface area contributed by atoms with E-state index in [1.807, 2.05) is 0 Å². The van der Waals surface area contributed by atoms with Gasteiger partial charge in [-0.3, -0.25) is 0 Å². The minimum Gasteiger partial charge on any atom is -0.462 e. The van der Waals surface area contributed by atoms with Gasteiger partial charge in [0.05, 0.1) is 19.3 Å². The molecule has 7 nitrogen and oxygen atoms in total. The van der Waals surface area contributed by atoms with Gasteiger partial charge in [-0.25, -0.2) is 9.59 Å². The second-order valence-electron chi connectivity index (χ2n) is 15.6. The highest BCUT2D eigenvalue weighted by Gasteiger charge is 2.44. The molecule has 5 atom stereocenters. The number of esters is 2. The SMILES string of the molecule is C=C(C)C(=O)OCCCC1CC(C2CCC(C3CCC(C)CC3)CC2CC)CC(CCCOC(=O)C(=C)C)C1OCCC(CO)CO. The minimum absolute atomic E-state index is 0.0404. The van der Waals surface area contributed by atoms with Crippen LogP contribution in [0.15, 0.2) is 24.3 Å². The van der Waals surface area contributed by atoms with Gasteiger partial charge in [0.2, 0.25) is 0 Å². The number of hydrogen-bond acceptors (Lipinski definition) is 7. The summed E-state index contributed by atoms with van der Waals surface area (Å²) in [7, 11) is 0. The quantitative estimate of drug-likeness (QED) is 0.0821. The topological polar surface area (TPSA) is 102 Å². The molecule has 0 amide bonds. The fourth-order valence-corrected chi connectivity index (χ4v) is 9.19. The monoisotopic (exact) mass is 660 g/mol. The summed E-state index contributed by atoms with van der Waals surface area (Å²) < 4.78 is 17.7. The molecular formula is C40H68O7. The Balaban J connectivity index is 1.75. The van der Waals surface area contributed by atoms with Crippen molar-refractivity contribution in [3.8, 4) is 0 Å². The van der Waals surface area contributed by atoms with Crippen LogP contribution in [0.25, 0.3) is 0 Å². The Bertz CT molecular complexity index is 922. The maximum atomic E-state index is 12.1. The predicted molar refractivity (Wildman–Crippen MR) is 187 cm³/mol. The van der Waals surface area contributed by atoms with Gasteiger partial charge in [0.1, 0.15) is 0 Å². The fraction of sp³-hybridized carbons (Fsp3) is 0.850. The Morgan fingerprint density at radius 2 is 1.23 bits per heavy atom. The molecule has 7 heteroatoms. The first kappa shape index (κ1) is 39.7. The number of aliphatic hydroxyl groups is 2. The highest BCUT2D eigenvalue weighted by Crippen LogP contribution is 2.51. The number of ether oxygens (including phenoxy) is 3. The zero-order valence-electron chi connectivity index (χ0n) is 30.3.